The van der Waals surface area contributed by atoms with E-state index in [9.17, 15) is 13.6 Å². The Hall–Kier alpha value is -1.89. The minimum atomic E-state index is -2.90. The Balaban J connectivity index is 2.62. The number of carbonyl (C=O) groups excluding carboxylic acids is 1. The van der Waals surface area contributed by atoms with Crippen molar-refractivity contribution in [2.75, 3.05) is 19.7 Å². The van der Waals surface area contributed by atoms with Crippen LogP contribution >= 0.6 is 0 Å². The van der Waals surface area contributed by atoms with E-state index in [-0.39, 0.29) is 24.0 Å². The highest BCUT2D eigenvalue weighted by Gasteiger charge is 2.11. The van der Waals surface area contributed by atoms with E-state index in [1.54, 1.807) is 19.1 Å². The topological polar surface area (TPSA) is 59.6 Å². The fraction of sp³-hybridized carbons (Fsp3) is 0.500. The number of amides is 1. The van der Waals surface area contributed by atoms with Gasteiger partial charge in [0.15, 0.2) is 11.5 Å². The van der Waals surface area contributed by atoms with E-state index in [4.69, 9.17) is 4.74 Å². The fourth-order valence-electron chi connectivity index (χ4n) is 1.70. The highest BCUT2D eigenvalue weighted by molar-refractivity contribution is 5.77. The quantitative estimate of drug-likeness (QED) is 0.731. The van der Waals surface area contributed by atoms with E-state index < -0.39 is 6.61 Å². The predicted octanol–water partition coefficient (Wildman–Crippen LogP) is 1.91. The molecule has 7 heteroatoms. The van der Waals surface area contributed by atoms with Crippen LogP contribution < -0.4 is 20.1 Å². The number of carbonyl (C=O) groups is 1. The van der Waals surface area contributed by atoms with E-state index in [0.29, 0.717) is 19.7 Å². The van der Waals surface area contributed by atoms with Crippen molar-refractivity contribution in [2.24, 2.45) is 0 Å². The van der Waals surface area contributed by atoms with Crippen molar-refractivity contribution in [1.29, 1.82) is 0 Å². The Morgan fingerprint density at radius 3 is 2.67 bits per heavy atom. The molecule has 2 N–H and O–H groups in total. The Bertz CT molecular complexity index is 456. The van der Waals surface area contributed by atoms with Gasteiger partial charge in [-0.05, 0) is 31.5 Å². The second-order valence-electron chi connectivity index (χ2n) is 4.15. The molecule has 0 saturated heterocycles. The molecule has 118 valence electrons. The molecule has 5 nitrogen and oxygen atoms in total. The largest absolute Gasteiger partial charge is 0.490 e. The highest BCUT2D eigenvalue weighted by Crippen LogP contribution is 2.29. The van der Waals surface area contributed by atoms with Crippen molar-refractivity contribution in [3.63, 3.8) is 0 Å². The molecule has 1 rings (SSSR count). The summed E-state index contributed by atoms with van der Waals surface area (Å²) in [4.78, 5) is 11.3. The Labute approximate surface area is 122 Å². The van der Waals surface area contributed by atoms with Crippen LogP contribution in [0.25, 0.3) is 0 Å². The summed E-state index contributed by atoms with van der Waals surface area (Å²) in [5.74, 6) is 0.162. The zero-order valence-corrected chi connectivity index (χ0v) is 12.1. The molecular formula is C14H20F2N2O3. The first-order chi connectivity index (χ1) is 10.1. The number of hydrogen-bond donors (Lipinski definition) is 2. The average molecular weight is 302 g/mol. The van der Waals surface area contributed by atoms with Crippen molar-refractivity contribution in [2.45, 2.75) is 27.0 Å². The Kier molecular flexibility index (Phi) is 7.45. The maximum atomic E-state index is 12.3. The van der Waals surface area contributed by atoms with Crippen molar-refractivity contribution in [1.82, 2.24) is 10.6 Å². The van der Waals surface area contributed by atoms with E-state index in [1.165, 1.54) is 6.07 Å². The van der Waals surface area contributed by atoms with Gasteiger partial charge in [-0.1, -0.05) is 6.07 Å². The van der Waals surface area contributed by atoms with E-state index in [1.807, 2.05) is 6.92 Å². The van der Waals surface area contributed by atoms with Gasteiger partial charge < -0.3 is 20.1 Å². The molecule has 0 fully saturated rings. The summed E-state index contributed by atoms with van der Waals surface area (Å²) >= 11 is 0. The van der Waals surface area contributed by atoms with Gasteiger partial charge in [0.25, 0.3) is 0 Å². The van der Waals surface area contributed by atoms with Gasteiger partial charge in [0.1, 0.15) is 0 Å². The van der Waals surface area contributed by atoms with Crippen molar-refractivity contribution in [3.8, 4) is 11.5 Å². The van der Waals surface area contributed by atoms with E-state index in [2.05, 4.69) is 15.4 Å². The normalized spacial score (nSPS) is 10.5. The van der Waals surface area contributed by atoms with Gasteiger partial charge in [-0.25, -0.2) is 0 Å². The van der Waals surface area contributed by atoms with Crippen LogP contribution in [0.5, 0.6) is 11.5 Å². The smallest absolute Gasteiger partial charge is 0.387 e. The van der Waals surface area contributed by atoms with E-state index in [0.717, 1.165) is 5.56 Å². The van der Waals surface area contributed by atoms with Gasteiger partial charge in [-0.15, -0.1) is 0 Å². The van der Waals surface area contributed by atoms with Crippen LogP contribution in [0.1, 0.15) is 19.4 Å². The number of nitrogens with one attached hydrogen (secondary N) is 2. The third-order valence-corrected chi connectivity index (χ3v) is 2.51. The minimum absolute atomic E-state index is 0.000624. The summed E-state index contributed by atoms with van der Waals surface area (Å²) in [6.45, 7) is 2.23. The Morgan fingerprint density at radius 1 is 1.29 bits per heavy atom. The van der Waals surface area contributed by atoms with Crippen LogP contribution in [0.2, 0.25) is 0 Å². The summed E-state index contributed by atoms with van der Waals surface area (Å²) in [7, 11) is 0. The number of halogens is 2. The van der Waals surface area contributed by atoms with Gasteiger partial charge >= 0.3 is 6.61 Å². The van der Waals surface area contributed by atoms with Gasteiger partial charge in [0.2, 0.25) is 5.91 Å². The Morgan fingerprint density at radius 2 is 2.05 bits per heavy atom. The zero-order valence-electron chi connectivity index (χ0n) is 12.1. The first-order valence-electron chi connectivity index (χ1n) is 6.74. The molecule has 1 aromatic carbocycles. The number of ether oxygens (including phenoxy) is 2. The molecule has 0 aromatic heterocycles. The summed E-state index contributed by atoms with van der Waals surface area (Å²) in [6.07, 6.45) is 0. The molecule has 0 bridgehead atoms. The predicted molar refractivity (Wildman–Crippen MR) is 74.6 cm³/mol. The van der Waals surface area contributed by atoms with Crippen LogP contribution in [0.4, 0.5) is 8.78 Å². The molecule has 0 saturated carbocycles. The third-order valence-electron chi connectivity index (χ3n) is 2.51. The summed E-state index contributed by atoms with van der Waals surface area (Å²) in [6, 6.07) is 4.69. The molecule has 0 atom stereocenters. The van der Waals surface area contributed by atoms with Gasteiger partial charge in [-0.2, -0.15) is 8.78 Å². The lowest BCUT2D eigenvalue weighted by molar-refractivity contribution is -0.120. The highest BCUT2D eigenvalue weighted by atomic mass is 19.3. The number of likely N-dealkylation sites (N-methyl/N-ethyl adjacent to an activating group) is 1. The molecule has 0 spiro atoms. The lowest BCUT2D eigenvalue weighted by atomic mass is 10.2. The van der Waals surface area contributed by atoms with Gasteiger partial charge in [-0.3, -0.25) is 4.79 Å². The summed E-state index contributed by atoms with van der Waals surface area (Å²) in [5, 5.41) is 5.62. The van der Waals surface area contributed by atoms with Crippen molar-refractivity contribution in [3.05, 3.63) is 23.8 Å². The third kappa shape index (κ3) is 6.40. The second-order valence-corrected chi connectivity index (χ2v) is 4.15. The van der Waals surface area contributed by atoms with Gasteiger partial charge in [0, 0.05) is 13.1 Å². The lowest BCUT2D eigenvalue weighted by Crippen LogP contribution is -2.33. The SMILES string of the molecule is CCNC(=O)CNCc1ccc(OC(F)F)c(OCC)c1. The van der Waals surface area contributed by atoms with Crippen molar-refractivity contribution >= 4 is 5.91 Å². The molecule has 21 heavy (non-hydrogen) atoms. The fourth-order valence-corrected chi connectivity index (χ4v) is 1.70. The molecule has 1 amide bonds. The first-order valence-corrected chi connectivity index (χ1v) is 6.74. The van der Waals surface area contributed by atoms with Crippen LogP contribution in [-0.2, 0) is 11.3 Å². The monoisotopic (exact) mass is 302 g/mol. The number of benzene rings is 1. The van der Waals surface area contributed by atoms with Gasteiger partial charge in [0.05, 0.1) is 13.2 Å². The number of hydrogen-bond acceptors (Lipinski definition) is 4. The maximum absolute atomic E-state index is 12.3. The molecule has 0 aliphatic rings. The molecule has 0 radical (unpaired) electrons. The van der Waals surface area contributed by atoms with E-state index >= 15 is 0 Å². The molecule has 0 heterocycles. The minimum Gasteiger partial charge on any atom is -0.490 e. The first kappa shape index (κ1) is 17.2. The second kappa shape index (κ2) is 9.12. The average Bonchev–Trinajstić information content (AvgIpc) is 2.41. The lowest BCUT2D eigenvalue weighted by Gasteiger charge is -2.13. The molecule has 0 aliphatic heterocycles. The maximum Gasteiger partial charge on any atom is 0.387 e. The van der Waals surface area contributed by atoms with Crippen LogP contribution in [0.15, 0.2) is 18.2 Å². The van der Waals surface area contributed by atoms with Crippen molar-refractivity contribution < 1.29 is 23.0 Å². The van der Waals surface area contributed by atoms with Crippen LogP contribution in [0.3, 0.4) is 0 Å². The van der Waals surface area contributed by atoms with Crippen LogP contribution in [0, 0.1) is 0 Å². The standard InChI is InChI=1S/C14H20F2N2O3/c1-3-18-13(19)9-17-8-10-5-6-11(21-14(15)16)12(7-10)20-4-2/h5-7,14,17H,3-4,8-9H2,1-2H3,(H,18,19). The molecule has 1 aromatic rings. The zero-order chi connectivity index (χ0) is 15.7. The molecule has 0 aliphatic carbocycles. The summed E-state index contributed by atoms with van der Waals surface area (Å²) < 4.78 is 34.2. The van der Waals surface area contributed by atoms with Crippen LogP contribution in [-0.4, -0.2) is 32.2 Å². The summed E-state index contributed by atoms with van der Waals surface area (Å²) in [5.41, 5.74) is 0.810. The number of rotatable bonds is 9. The molecular weight excluding hydrogens is 282 g/mol. The number of alkyl halides is 2. The molecule has 0 unspecified atom stereocenters.